The number of carbonyl (C=O) groups is 4. The molecule has 1 aliphatic carbocycles. The van der Waals surface area contributed by atoms with Gasteiger partial charge in [-0.3, -0.25) is 24.6 Å². The fraction of sp³-hybridized carbons (Fsp3) is 0.447. The van der Waals surface area contributed by atoms with Crippen LogP contribution in [0.15, 0.2) is 53.9 Å². The number of halogens is 2. The monoisotopic (exact) mass is 737 g/mol. The van der Waals surface area contributed by atoms with Crippen molar-refractivity contribution in [2.45, 2.75) is 76.3 Å². The van der Waals surface area contributed by atoms with Crippen molar-refractivity contribution in [1.82, 2.24) is 15.5 Å². The van der Waals surface area contributed by atoms with E-state index >= 15 is 8.78 Å². The van der Waals surface area contributed by atoms with E-state index in [-0.39, 0.29) is 66.0 Å². The second-order valence-corrected chi connectivity index (χ2v) is 14.3. The van der Waals surface area contributed by atoms with Crippen molar-refractivity contribution >= 4 is 40.9 Å². The molecule has 3 amide bonds. The van der Waals surface area contributed by atoms with Crippen LogP contribution < -0.4 is 16.4 Å². The van der Waals surface area contributed by atoms with Crippen LogP contribution in [-0.4, -0.2) is 71.9 Å². The van der Waals surface area contributed by atoms with Crippen molar-refractivity contribution in [3.63, 3.8) is 0 Å². The van der Waals surface area contributed by atoms with E-state index < -0.39 is 29.7 Å². The van der Waals surface area contributed by atoms with Gasteiger partial charge in [0.1, 0.15) is 11.9 Å². The maximum Gasteiger partial charge on any atom is 0.303 e. The van der Waals surface area contributed by atoms with Crippen LogP contribution in [0, 0.1) is 11.3 Å². The second kappa shape index (κ2) is 17.7. The number of carboxylic acids is 1. The smallest absolute Gasteiger partial charge is 0.303 e. The summed E-state index contributed by atoms with van der Waals surface area (Å²) in [5.41, 5.74) is 6.61. The van der Waals surface area contributed by atoms with Gasteiger partial charge in [0.15, 0.2) is 0 Å². The Balaban J connectivity index is 1.14. The third-order valence-corrected chi connectivity index (χ3v) is 10.5. The zero-order valence-electron chi connectivity index (χ0n) is 28.9. The number of rotatable bonds is 19. The minimum absolute atomic E-state index is 0.0677. The number of thiophene rings is 1. The fourth-order valence-corrected chi connectivity index (χ4v) is 7.59. The molecule has 3 aromatic rings. The lowest BCUT2D eigenvalue weighted by molar-refractivity contribution is -0.137. The SMILES string of the molecule is N=C(N)c1csc(CNC(=O)[C@@H]2C[C@H](COCCCCCCCCCC(=O)O)CN2C(=O)CNC(=O)c2ccc3c(c2)-c2ccccc2C3(F)F)c1. The van der Waals surface area contributed by atoms with Crippen LogP contribution in [0.5, 0.6) is 0 Å². The Morgan fingerprint density at radius 3 is 2.38 bits per heavy atom. The van der Waals surface area contributed by atoms with Gasteiger partial charge in [-0.05, 0) is 48.6 Å². The number of nitrogen functional groups attached to an aromatic ring is 1. The maximum atomic E-state index is 15.0. The van der Waals surface area contributed by atoms with Crippen LogP contribution in [0.25, 0.3) is 11.1 Å². The highest BCUT2D eigenvalue weighted by atomic mass is 32.1. The van der Waals surface area contributed by atoms with E-state index in [1.165, 1.54) is 40.5 Å². The predicted molar refractivity (Wildman–Crippen MR) is 193 cm³/mol. The Labute approximate surface area is 305 Å². The first-order valence-corrected chi connectivity index (χ1v) is 18.5. The molecule has 278 valence electrons. The van der Waals surface area contributed by atoms with E-state index in [0.717, 1.165) is 43.4 Å². The number of nitrogens with two attached hydrogens (primary N) is 1. The maximum absolute atomic E-state index is 15.0. The number of aliphatic carboxylic acids is 1. The van der Waals surface area contributed by atoms with Crippen LogP contribution in [-0.2, 0) is 31.6 Å². The van der Waals surface area contributed by atoms with E-state index in [2.05, 4.69) is 10.6 Å². The van der Waals surface area contributed by atoms with E-state index in [9.17, 15) is 19.2 Å². The molecule has 11 nitrogen and oxygen atoms in total. The summed E-state index contributed by atoms with van der Waals surface area (Å²) in [6.07, 6.45) is 7.16. The van der Waals surface area contributed by atoms with E-state index in [1.54, 1.807) is 29.6 Å². The number of ether oxygens (including phenoxy) is 1. The number of hydrogen-bond donors (Lipinski definition) is 5. The standard InChI is InChI=1S/C38H45F2N5O6S/c39-38(40)30-11-8-7-10-28(30)29-18-25(13-14-31(29)38)36(49)44-20-33(46)45-21-24(22-51-15-9-5-3-1-2-4-6-12-34(47)48)16-32(45)37(50)43-19-27-17-26(23-52-27)35(41)42/h7-8,10-11,13-14,17-18,23-24,32H,1-6,9,12,15-16,19-22H2,(H3,41,42)(H,43,50)(H,44,49)(H,47,48)/t24-,32-/m0/s1. The largest absolute Gasteiger partial charge is 0.481 e. The van der Waals surface area contributed by atoms with Crippen molar-refractivity contribution in [3.8, 4) is 11.1 Å². The van der Waals surface area contributed by atoms with E-state index in [0.29, 0.717) is 37.2 Å². The number of amidine groups is 1. The first-order chi connectivity index (χ1) is 25.0. The van der Waals surface area contributed by atoms with Gasteiger partial charge in [-0.2, -0.15) is 8.78 Å². The van der Waals surface area contributed by atoms with Gasteiger partial charge in [0.25, 0.3) is 11.8 Å². The molecule has 0 unspecified atom stereocenters. The lowest BCUT2D eigenvalue weighted by atomic mass is 10.0. The van der Waals surface area contributed by atoms with Gasteiger partial charge < -0.3 is 31.1 Å². The minimum atomic E-state index is -3.17. The molecule has 0 saturated carbocycles. The number of amides is 3. The zero-order valence-corrected chi connectivity index (χ0v) is 29.7. The first kappa shape index (κ1) is 38.5. The summed E-state index contributed by atoms with van der Waals surface area (Å²) in [7, 11) is 0. The molecule has 2 aromatic carbocycles. The normalized spacial score (nSPS) is 17.0. The number of nitrogens with one attached hydrogen (secondary N) is 3. The molecule has 0 radical (unpaired) electrons. The number of unbranched alkanes of at least 4 members (excludes halogenated alkanes) is 6. The fourth-order valence-electron chi connectivity index (χ4n) is 6.77. The van der Waals surface area contributed by atoms with Crippen molar-refractivity contribution in [3.05, 3.63) is 81.0 Å². The molecule has 1 saturated heterocycles. The number of benzene rings is 2. The number of nitrogens with zero attached hydrogens (tertiary/aromatic N) is 1. The second-order valence-electron chi connectivity index (χ2n) is 13.4. The van der Waals surface area contributed by atoms with Crippen LogP contribution in [0.4, 0.5) is 8.78 Å². The highest BCUT2D eigenvalue weighted by molar-refractivity contribution is 7.10. The van der Waals surface area contributed by atoms with Crippen molar-refractivity contribution in [1.29, 1.82) is 5.41 Å². The molecule has 0 bridgehead atoms. The highest BCUT2D eigenvalue weighted by Gasteiger charge is 2.44. The van der Waals surface area contributed by atoms with E-state index in [4.69, 9.17) is 21.0 Å². The van der Waals surface area contributed by atoms with Crippen LogP contribution >= 0.6 is 11.3 Å². The van der Waals surface area contributed by atoms with Gasteiger partial charge in [0.05, 0.1) is 19.7 Å². The molecule has 1 aromatic heterocycles. The predicted octanol–water partition coefficient (Wildman–Crippen LogP) is 5.64. The summed E-state index contributed by atoms with van der Waals surface area (Å²) in [4.78, 5) is 53.0. The molecule has 6 N–H and O–H groups in total. The summed E-state index contributed by atoms with van der Waals surface area (Å²) in [6.45, 7) is 0.992. The number of carbonyl (C=O) groups excluding carboxylic acids is 3. The van der Waals surface area contributed by atoms with Crippen LogP contribution in [0.3, 0.4) is 0 Å². The quantitative estimate of drug-likeness (QED) is 0.0602. The Bertz CT molecular complexity index is 1780. The van der Waals surface area contributed by atoms with Crippen molar-refractivity contribution in [2.75, 3.05) is 26.3 Å². The van der Waals surface area contributed by atoms with Gasteiger partial charge >= 0.3 is 5.97 Å². The minimum Gasteiger partial charge on any atom is -0.481 e. The summed E-state index contributed by atoms with van der Waals surface area (Å²) < 4.78 is 35.9. The van der Waals surface area contributed by atoms with Crippen molar-refractivity contribution in [2.24, 2.45) is 11.7 Å². The molecule has 14 heteroatoms. The molecular formula is C38H45F2N5O6S. The van der Waals surface area contributed by atoms with Gasteiger partial charge in [-0.25, -0.2) is 0 Å². The average molecular weight is 738 g/mol. The molecule has 0 spiro atoms. The Morgan fingerprint density at radius 2 is 1.65 bits per heavy atom. The zero-order chi connectivity index (χ0) is 37.3. The Kier molecular flexibility index (Phi) is 13.1. The molecule has 1 aliphatic heterocycles. The number of carboxylic acid groups (broad SMARTS) is 1. The van der Waals surface area contributed by atoms with Crippen molar-refractivity contribution < 1.29 is 37.8 Å². The number of likely N-dealkylation sites (tertiary alicyclic amines) is 1. The summed E-state index contributed by atoms with van der Waals surface area (Å²) in [6, 6.07) is 11.1. The van der Waals surface area contributed by atoms with Gasteiger partial charge in [-0.15, -0.1) is 11.3 Å². The summed E-state index contributed by atoms with van der Waals surface area (Å²) >= 11 is 1.36. The first-order valence-electron chi connectivity index (χ1n) is 17.6. The molecule has 5 rings (SSSR count). The molecular weight excluding hydrogens is 693 g/mol. The van der Waals surface area contributed by atoms with Crippen LogP contribution in [0.1, 0.15) is 89.7 Å². The molecule has 2 heterocycles. The Morgan fingerprint density at radius 1 is 0.942 bits per heavy atom. The lowest BCUT2D eigenvalue weighted by Gasteiger charge is -2.24. The number of alkyl halides is 2. The summed E-state index contributed by atoms with van der Waals surface area (Å²) in [5, 5.41) is 23.6. The van der Waals surface area contributed by atoms with Gasteiger partial charge in [0.2, 0.25) is 11.8 Å². The third-order valence-electron chi connectivity index (χ3n) is 9.52. The molecule has 52 heavy (non-hydrogen) atoms. The number of fused-ring (bicyclic) bond motifs is 3. The molecule has 2 atom stereocenters. The topological polar surface area (TPSA) is 175 Å². The highest BCUT2D eigenvalue weighted by Crippen LogP contribution is 2.50. The third kappa shape index (κ3) is 9.59. The average Bonchev–Trinajstić information content (AvgIpc) is 3.84. The molecule has 2 aliphatic rings. The lowest BCUT2D eigenvalue weighted by Crippen LogP contribution is -2.48. The van der Waals surface area contributed by atoms with Gasteiger partial charge in [0, 0.05) is 58.0 Å². The Hall–Kier alpha value is -4.69. The molecule has 1 fully saturated rings. The number of hydrogen-bond acceptors (Lipinski definition) is 7. The van der Waals surface area contributed by atoms with E-state index in [1.807, 2.05) is 0 Å². The van der Waals surface area contributed by atoms with Crippen LogP contribution in [0.2, 0.25) is 0 Å². The summed E-state index contributed by atoms with van der Waals surface area (Å²) in [5.74, 6) is -5.50. The van der Waals surface area contributed by atoms with Gasteiger partial charge in [-0.1, -0.05) is 62.4 Å².